The van der Waals surface area contributed by atoms with Gasteiger partial charge in [-0.3, -0.25) is 4.79 Å². The molecule has 0 atom stereocenters. The van der Waals surface area contributed by atoms with Crippen LogP contribution in [0.1, 0.15) is 0 Å². The number of carbonyl (C=O) groups excluding carboxylic acids is 2. The van der Waals surface area contributed by atoms with Gasteiger partial charge in [-0.1, -0.05) is 6.58 Å². The minimum atomic E-state index is -0.152. The Balaban J connectivity index is 2.35. The van der Waals surface area contributed by atoms with Crippen LogP contribution in [0.15, 0.2) is 12.8 Å². The lowest BCUT2D eigenvalue weighted by Crippen LogP contribution is -2.50. The molecule has 1 saturated heterocycles. The number of nitrogens with zero attached hydrogens (tertiary/aromatic N) is 2. The second-order valence-corrected chi connectivity index (χ2v) is 2.78. The fraction of sp³-hybridized carbons (Fsp3) is 0.500. The summed E-state index contributed by atoms with van der Waals surface area (Å²) >= 11 is 0. The summed E-state index contributed by atoms with van der Waals surface area (Å²) in [5.74, 6) is 0. The first kappa shape index (κ1) is 9.57. The number of amides is 3. The highest BCUT2D eigenvalue weighted by Gasteiger charge is 2.18. The highest BCUT2D eigenvalue weighted by Crippen LogP contribution is 1.99. The summed E-state index contributed by atoms with van der Waals surface area (Å²) in [6.45, 7) is 5.78. The number of nitrogens with one attached hydrogen (secondary N) is 1. The van der Waals surface area contributed by atoms with Gasteiger partial charge in [0.2, 0.25) is 6.41 Å². The molecule has 1 aliphatic heterocycles. The molecule has 5 nitrogen and oxygen atoms in total. The molecule has 72 valence electrons. The summed E-state index contributed by atoms with van der Waals surface area (Å²) in [4.78, 5) is 24.9. The zero-order valence-electron chi connectivity index (χ0n) is 7.40. The van der Waals surface area contributed by atoms with Crippen LogP contribution in [0, 0.1) is 0 Å². The summed E-state index contributed by atoms with van der Waals surface area (Å²) in [5, 5.41) is 2.49. The van der Waals surface area contributed by atoms with Gasteiger partial charge in [-0.15, -0.1) is 0 Å². The maximum absolute atomic E-state index is 11.2. The average molecular weight is 183 g/mol. The van der Waals surface area contributed by atoms with E-state index in [2.05, 4.69) is 11.9 Å². The normalized spacial score (nSPS) is 16.6. The molecule has 0 bridgehead atoms. The monoisotopic (exact) mass is 183 g/mol. The Morgan fingerprint density at radius 2 is 1.92 bits per heavy atom. The summed E-state index contributed by atoms with van der Waals surface area (Å²) < 4.78 is 0. The predicted octanol–water partition coefficient (Wildman–Crippen LogP) is -0.386. The molecule has 1 heterocycles. The minimum Gasteiger partial charge on any atom is -0.342 e. The Labute approximate surface area is 77.0 Å². The van der Waals surface area contributed by atoms with E-state index in [1.165, 1.54) is 6.20 Å². The van der Waals surface area contributed by atoms with Crippen molar-refractivity contribution in [2.75, 3.05) is 26.2 Å². The first-order valence-electron chi connectivity index (χ1n) is 4.13. The van der Waals surface area contributed by atoms with Gasteiger partial charge in [0.25, 0.3) is 0 Å². The van der Waals surface area contributed by atoms with Crippen molar-refractivity contribution in [1.82, 2.24) is 15.1 Å². The van der Waals surface area contributed by atoms with Crippen molar-refractivity contribution in [2.24, 2.45) is 0 Å². The van der Waals surface area contributed by atoms with E-state index in [9.17, 15) is 9.59 Å². The SMILES string of the molecule is C=CNC(=O)N1CCN(C=O)CC1. The Bertz CT molecular complexity index is 209. The van der Waals surface area contributed by atoms with Crippen LogP contribution in [0.2, 0.25) is 0 Å². The number of hydrogen-bond acceptors (Lipinski definition) is 2. The second kappa shape index (κ2) is 4.49. The Kier molecular flexibility index (Phi) is 3.31. The number of carbonyl (C=O) groups is 2. The van der Waals surface area contributed by atoms with E-state index in [1.807, 2.05) is 0 Å². The van der Waals surface area contributed by atoms with E-state index in [4.69, 9.17) is 0 Å². The lowest BCUT2D eigenvalue weighted by molar-refractivity contribution is -0.119. The van der Waals surface area contributed by atoms with Crippen molar-refractivity contribution < 1.29 is 9.59 Å². The van der Waals surface area contributed by atoms with Crippen LogP contribution in [-0.4, -0.2) is 48.4 Å². The van der Waals surface area contributed by atoms with Crippen LogP contribution < -0.4 is 5.32 Å². The van der Waals surface area contributed by atoms with Gasteiger partial charge in [0, 0.05) is 26.2 Å². The molecular weight excluding hydrogens is 170 g/mol. The molecule has 0 saturated carbocycles. The number of hydrogen-bond donors (Lipinski definition) is 1. The van der Waals surface area contributed by atoms with E-state index in [0.29, 0.717) is 26.2 Å². The van der Waals surface area contributed by atoms with E-state index >= 15 is 0 Å². The predicted molar refractivity (Wildman–Crippen MR) is 47.9 cm³/mol. The highest BCUT2D eigenvalue weighted by molar-refractivity contribution is 5.75. The van der Waals surface area contributed by atoms with E-state index < -0.39 is 0 Å². The van der Waals surface area contributed by atoms with Gasteiger partial charge in [-0.05, 0) is 6.20 Å². The van der Waals surface area contributed by atoms with Crippen LogP contribution >= 0.6 is 0 Å². The molecule has 1 fully saturated rings. The molecule has 5 heteroatoms. The maximum Gasteiger partial charge on any atom is 0.321 e. The second-order valence-electron chi connectivity index (χ2n) is 2.78. The van der Waals surface area contributed by atoms with Crippen LogP contribution in [0.25, 0.3) is 0 Å². The standard InChI is InChI=1S/C8H13N3O2/c1-2-9-8(13)11-5-3-10(7-12)4-6-11/h2,7H,1,3-6H2,(H,9,13). The van der Waals surface area contributed by atoms with Crippen molar-refractivity contribution in [3.63, 3.8) is 0 Å². The van der Waals surface area contributed by atoms with Crippen LogP contribution in [-0.2, 0) is 4.79 Å². The summed E-state index contributed by atoms with van der Waals surface area (Å²) in [7, 11) is 0. The zero-order chi connectivity index (χ0) is 9.68. The third-order valence-electron chi connectivity index (χ3n) is 1.98. The third-order valence-corrected chi connectivity index (χ3v) is 1.98. The van der Waals surface area contributed by atoms with Gasteiger partial charge in [0.1, 0.15) is 0 Å². The molecular formula is C8H13N3O2. The van der Waals surface area contributed by atoms with Gasteiger partial charge < -0.3 is 15.1 Å². The number of piperazine rings is 1. The Hall–Kier alpha value is -1.52. The lowest BCUT2D eigenvalue weighted by atomic mass is 10.3. The lowest BCUT2D eigenvalue weighted by Gasteiger charge is -2.32. The topological polar surface area (TPSA) is 52.7 Å². The van der Waals surface area contributed by atoms with Crippen molar-refractivity contribution in [1.29, 1.82) is 0 Å². The first-order valence-corrected chi connectivity index (χ1v) is 4.13. The molecule has 13 heavy (non-hydrogen) atoms. The molecule has 0 radical (unpaired) electrons. The molecule has 0 aromatic heterocycles. The number of urea groups is 1. The molecule has 3 amide bonds. The van der Waals surface area contributed by atoms with Crippen LogP contribution in [0.3, 0.4) is 0 Å². The average Bonchev–Trinajstić information content (AvgIpc) is 2.18. The van der Waals surface area contributed by atoms with Crippen molar-refractivity contribution in [3.8, 4) is 0 Å². The summed E-state index contributed by atoms with van der Waals surface area (Å²) in [6, 6.07) is -0.152. The van der Waals surface area contributed by atoms with Gasteiger partial charge in [-0.25, -0.2) is 4.79 Å². The summed E-state index contributed by atoms with van der Waals surface area (Å²) in [5.41, 5.74) is 0. The summed E-state index contributed by atoms with van der Waals surface area (Å²) in [6.07, 6.45) is 2.16. The van der Waals surface area contributed by atoms with Gasteiger partial charge in [-0.2, -0.15) is 0 Å². The molecule has 0 spiro atoms. The van der Waals surface area contributed by atoms with Crippen LogP contribution in [0.4, 0.5) is 4.79 Å². The van der Waals surface area contributed by atoms with Gasteiger partial charge in [0.05, 0.1) is 0 Å². The van der Waals surface area contributed by atoms with Crippen molar-refractivity contribution in [3.05, 3.63) is 12.8 Å². The first-order chi connectivity index (χ1) is 6.27. The van der Waals surface area contributed by atoms with Gasteiger partial charge in [0.15, 0.2) is 0 Å². The molecule has 0 aliphatic carbocycles. The van der Waals surface area contributed by atoms with E-state index in [1.54, 1.807) is 9.80 Å². The molecule has 0 unspecified atom stereocenters. The maximum atomic E-state index is 11.2. The van der Waals surface area contributed by atoms with Crippen LogP contribution in [0.5, 0.6) is 0 Å². The zero-order valence-corrected chi connectivity index (χ0v) is 7.40. The Morgan fingerprint density at radius 1 is 1.31 bits per heavy atom. The smallest absolute Gasteiger partial charge is 0.321 e. The fourth-order valence-electron chi connectivity index (χ4n) is 1.21. The molecule has 0 aromatic carbocycles. The number of rotatable bonds is 2. The quantitative estimate of drug-likeness (QED) is 0.593. The molecule has 1 N–H and O–H groups in total. The largest absolute Gasteiger partial charge is 0.342 e. The fourth-order valence-corrected chi connectivity index (χ4v) is 1.21. The minimum absolute atomic E-state index is 0.152. The Morgan fingerprint density at radius 3 is 2.38 bits per heavy atom. The van der Waals surface area contributed by atoms with Crippen molar-refractivity contribution in [2.45, 2.75) is 0 Å². The molecule has 0 aromatic rings. The van der Waals surface area contributed by atoms with Gasteiger partial charge >= 0.3 is 6.03 Å². The van der Waals surface area contributed by atoms with Crippen molar-refractivity contribution >= 4 is 12.4 Å². The van der Waals surface area contributed by atoms with E-state index in [-0.39, 0.29) is 6.03 Å². The third kappa shape index (κ3) is 2.47. The molecule has 1 aliphatic rings. The highest BCUT2D eigenvalue weighted by atomic mass is 16.2. The van der Waals surface area contributed by atoms with E-state index in [0.717, 1.165) is 6.41 Å². The molecule has 1 rings (SSSR count).